The van der Waals surface area contributed by atoms with E-state index < -0.39 is 0 Å². The zero-order valence-electron chi connectivity index (χ0n) is 8.54. The molecular formula is C11H18N2S. The van der Waals surface area contributed by atoms with E-state index >= 15 is 0 Å². The van der Waals surface area contributed by atoms with Gasteiger partial charge in [-0.2, -0.15) is 0 Å². The van der Waals surface area contributed by atoms with E-state index in [0.29, 0.717) is 0 Å². The molecule has 0 aliphatic heterocycles. The number of nitrogens with one attached hydrogen (secondary N) is 1. The topological polar surface area (TPSA) is 24.9 Å². The summed E-state index contributed by atoms with van der Waals surface area (Å²) in [7, 11) is 0. The molecule has 1 fully saturated rings. The smallest absolute Gasteiger partial charge is 0.0795 e. The van der Waals surface area contributed by atoms with Crippen LogP contribution in [0.1, 0.15) is 37.8 Å². The van der Waals surface area contributed by atoms with Crippen molar-refractivity contribution < 1.29 is 0 Å². The first-order valence-corrected chi connectivity index (χ1v) is 6.47. The molecule has 0 bridgehead atoms. The molecule has 0 aromatic carbocycles. The Labute approximate surface area is 89.8 Å². The predicted octanol–water partition coefficient (Wildman–Crippen LogP) is 2.81. The Morgan fingerprint density at radius 2 is 2.29 bits per heavy atom. The van der Waals surface area contributed by atoms with Gasteiger partial charge in [0.1, 0.15) is 0 Å². The van der Waals surface area contributed by atoms with Crippen molar-refractivity contribution in [2.45, 2.75) is 38.6 Å². The van der Waals surface area contributed by atoms with Gasteiger partial charge in [0.25, 0.3) is 0 Å². The van der Waals surface area contributed by atoms with E-state index in [0.717, 1.165) is 19.0 Å². The highest BCUT2D eigenvalue weighted by atomic mass is 32.1. The van der Waals surface area contributed by atoms with Gasteiger partial charge in [-0.15, -0.1) is 11.3 Å². The van der Waals surface area contributed by atoms with Crippen LogP contribution in [0.2, 0.25) is 0 Å². The molecule has 1 aromatic heterocycles. The van der Waals surface area contributed by atoms with Gasteiger partial charge in [-0.3, -0.25) is 0 Å². The number of rotatable bonds is 5. The van der Waals surface area contributed by atoms with Crippen LogP contribution in [-0.2, 0) is 6.54 Å². The van der Waals surface area contributed by atoms with Gasteiger partial charge >= 0.3 is 0 Å². The van der Waals surface area contributed by atoms with E-state index in [-0.39, 0.29) is 0 Å². The van der Waals surface area contributed by atoms with Crippen molar-refractivity contribution >= 4 is 11.3 Å². The summed E-state index contributed by atoms with van der Waals surface area (Å²) < 4.78 is 0. The summed E-state index contributed by atoms with van der Waals surface area (Å²) in [5.41, 5.74) is 3.08. The minimum atomic E-state index is 0.941. The molecule has 3 heteroatoms. The Hall–Kier alpha value is -0.410. The maximum atomic E-state index is 4.24. The predicted molar refractivity (Wildman–Crippen MR) is 60.4 cm³/mol. The van der Waals surface area contributed by atoms with E-state index in [9.17, 15) is 0 Å². The Morgan fingerprint density at radius 3 is 3.00 bits per heavy atom. The molecule has 1 aliphatic rings. The maximum absolute atomic E-state index is 4.24. The van der Waals surface area contributed by atoms with Gasteiger partial charge in [0, 0.05) is 11.9 Å². The fourth-order valence-corrected chi connectivity index (χ4v) is 2.70. The Kier molecular flexibility index (Phi) is 3.95. The Balaban J connectivity index is 1.55. The molecule has 2 nitrogen and oxygen atoms in total. The summed E-state index contributed by atoms with van der Waals surface area (Å²) in [4.78, 5) is 4.24. The van der Waals surface area contributed by atoms with Gasteiger partial charge < -0.3 is 5.32 Å². The summed E-state index contributed by atoms with van der Waals surface area (Å²) in [6, 6.07) is 0. The highest BCUT2D eigenvalue weighted by Gasteiger charge is 2.13. The molecule has 0 amide bonds. The number of aromatic nitrogens is 1. The third-order valence-electron chi connectivity index (χ3n) is 2.99. The second kappa shape index (κ2) is 5.47. The van der Waals surface area contributed by atoms with Gasteiger partial charge in [-0.05, 0) is 18.9 Å². The van der Waals surface area contributed by atoms with E-state index in [1.54, 1.807) is 11.3 Å². The summed E-state index contributed by atoms with van der Waals surface area (Å²) in [6.07, 6.45) is 7.18. The average Bonchev–Trinajstić information content (AvgIpc) is 2.86. The maximum Gasteiger partial charge on any atom is 0.0795 e. The first kappa shape index (κ1) is 10.1. The molecule has 1 saturated carbocycles. The van der Waals surface area contributed by atoms with E-state index in [4.69, 9.17) is 0 Å². The van der Waals surface area contributed by atoms with Crippen LogP contribution in [0.25, 0.3) is 0 Å². The van der Waals surface area contributed by atoms with Crippen molar-refractivity contribution in [1.29, 1.82) is 0 Å². The van der Waals surface area contributed by atoms with Crippen LogP contribution < -0.4 is 5.32 Å². The van der Waals surface area contributed by atoms with Crippen molar-refractivity contribution in [3.63, 3.8) is 0 Å². The minimum absolute atomic E-state index is 0.941. The molecule has 78 valence electrons. The third-order valence-corrected chi connectivity index (χ3v) is 3.63. The van der Waals surface area contributed by atoms with Crippen molar-refractivity contribution in [2.75, 3.05) is 6.54 Å². The van der Waals surface area contributed by atoms with Crippen molar-refractivity contribution in [2.24, 2.45) is 5.92 Å². The number of thiazole rings is 1. The monoisotopic (exact) mass is 210 g/mol. The van der Waals surface area contributed by atoms with Crippen LogP contribution in [-0.4, -0.2) is 11.5 Å². The number of hydrogen-bond donors (Lipinski definition) is 1. The normalized spacial score (nSPS) is 17.7. The number of nitrogens with zero attached hydrogens (tertiary/aromatic N) is 1. The van der Waals surface area contributed by atoms with Crippen LogP contribution in [0.15, 0.2) is 10.9 Å². The van der Waals surface area contributed by atoms with E-state index in [1.807, 2.05) is 5.51 Å². The van der Waals surface area contributed by atoms with Gasteiger partial charge in [0.15, 0.2) is 0 Å². The molecule has 0 unspecified atom stereocenters. The van der Waals surface area contributed by atoms with Crippen molar-refractivity contribution in [3.8, 4) is 0 Å². The zero-order valence-corrected chi connectivity index (χ0v) is 9.35. The fourth-order valence-electron chi connectivity index (χ4n) is 2.15. The molecule has 0 saturated heterocycles. The fraction of sp³-hybridized carbons (Fsp3) is 0.727. The van der Waals surface area contributed by atoms with E-state index in [2.05, 4.69) is 15.7 Å². The van der Waals surface area contributed by atoms with Crippen LogP contribution in [0.4, 0.5) is 0 Å². The third kappa shape index (κ3) is 3.07. The first-order valence-electron chi connectivity index (χ1n) is 5.53. The molecule has 0 spiro atoms. The first-order chi connectivity index (χ1) is 6.95. The van der Waals surface area contributed by atoms with Crippen LogP contribution in [0, 0.1) is 5.92 Å². The second-order valence-corrected chi connectivity index (χ2v) is 4.81. The summed E-state index contributed by atoms with van der Waals surface area (Å²) >= 11 is 1.67. The zero-order chi connectivity index (χ0) is 9.64. The lowest BCUT2D eigenvalue weighted by Crippen LogP contribution is -2.17. The average molecular weight is 210 g/mol. The van der Waals surface area contributed by atoms with Crippen LogP contribution in [0.3, 0.4) is 0 Å². The van der Waals surface area contributed by atoms with Crippen molar-refractivity contribution in [3.05, 3.63) is 16.6 Å². The molecule has 2 rings (SSSR count). The lowest BCUT2D eigenvalue weighted by Gasteiger charge is -2.08. The van der Waals surface area contributed by atoms with Crippen molar-refractivity contribution in [1.82, 2.24) is 10.3 Å². The molecule has 1 aliphatic carbocycles. The largest absolute Gasteiger partial charge is 0.311 e. The molecule has 1 heterocycles. The lowest BCUT2D eigenvalue weighted by atomic mass is 10.0. The molecular weight excluding hydrogens is 192 g/mol. The Bertz CT molecular complexity index is 240. The van der Waals surface area contributed by atoms with Gasteiger partial charge in [-0.25, -0.2) is 4.98 Å². The summed E-state index contributed by atoms with van der Waals surface area (Å²) in [6.45, 7) is 2.10. The quantitative estimate of drug-likeness (QED) is 0.756. The van der Waals surface area contributed by atoms with E-state index in [1.165, 1.54) is 37.8 Å². The molecule has 0 radical (unpaired) electrons. The lowest BCUT2D eigenvalue weighted by molar-refractivity contribution is 0.476. The standard InChI is InChI=1S/C11H18N2S/c1-2-4-10(3-1)5-6-12-7-11-8-14-9-13-11/h8-10,12H,1-7H2. The minimum Gasteiger partial charge on any atom is -0.311 e. The SMILES string of the molecule is c1nc(CNCCC2CCCC2)cs1. The summed E-state index contributed by atoms with van der Waals surface area (Å²) in [5, 5.41) is 5.57. The second-order valence-electron chi connectivity index (χ2n) is 4.10. The Morgan fingerprint density at radius 1 is 1.43 bits per heavy atom. The molecule has 14 heavy (non-hydrogen) atoms. The highest BCUT2D eigenvalue weighted by molar-refractivity contribution is 7.07. The van der Waals surface area contributed by atoms with Crippen LogP contribution in [0.5, 0.6) is 0 Å². The molecule has 1 N–H and O–H groups in total. The highest BCUT2D eigenvalue weighted by Crippen LogP contribution is 2.26. The molecule has 0 atom stereocenters. The van der Waals surface area contributed by atoms with Gasteiger partial charge in [0.2, 0.25) is 0 Å². The summed E-state index contributed by atoms with van der Waals surface area (Å²) in [5.74, 6) is 0.998. The molecule has 1 aromatic rings. The van der Waals surface area contributed by atoms with Gasteiger partial charge in [-0.1, -0.05) is 25.7 Å². The number of hydrogen-bond acceptors (Lipinski definition) is 3. The van der Waals surface area contributed by atoms with Gasteiger partial charge in [0.05, 0.1) is 11.2 Å². The van der Waals surface area contributed by atoms with Crippen LogP contribution >= 0.6 is 11.3 Å².